The average Bonchev–Trinajstić information content (AvgIpc) is 3.04. The molecule has 0 bridgehead atoms. The maximum atomic E-state index is 5.68. The second-order valence-electron chi connectivity index (χ2n) is 6.04. The summed E-state index contributed by atoms with van der Waals surface area (Å²) in [6.45, 7) is 7.77. The molecule has 1 aromatic carbocycles. The highest BCUT2D eigenvalue weighted by molar-refractivity contribution is 7.80. The lowest BCUT2D eigenvalue weighted by molar-refractivity contribution is 0.178. The van der Waals surface area contributed by atoms with Crippen LogP contribution in [-0.4, -0.2) is 30.3 Å². The number of aryl methyl sites for hydroxylation is 2. The molecule has 4 nitrogen and oxygen atoms in total. The first kappa shape index (κ1) is 18.5. The van der Waals surface area contributed by atoms with Gasteiger partial charge in [0, 0.05) is 25.9 Å². The molecular formula is C19H26N2O2S. The molecule has 0 aliphatic heterocycles. The largest absolute Gasteiger partial charge is 0.467 e. The predicted octanol–water partition coefficient (Wildman–Crippen LogP) is 4.69. The molecule has 0 aliphatic rings. The van der Waals surface area contributed by atoms with Crippen LogP contribution in [0.15, 0.2) is 41.0 Å². The Hall–Kier alpha value is -1.85. The second kappa shape index (κ2) is 8.85. The van der Waals surface area contributed by atoms with Crippen molar-refractivity contribution in [3.63, 3.8) is 0 Å². The van der Waals surface area contributed by atoms with Crippen LogP contribution in [0.4, 0.5) is 5.69 Å². The van der Waals surface area contributed by atoms with Crippen LogP contribution >= 0.6 is 12.2 Å². The maximum absolute atomic E-state index is 5.68. The summed E-state index contributed by atoms with van der Waals surface area (Å²) in [7, 11) is 1.71. The minimum absolute atomic E-state index is 0.0581. The van der Waals surface area contributed by atoms with E-state index in [2.05, 4.69) is 49.2 Å². The van der Waals surface area contributed by atoms with Crippen molar-refractivity contribution in [2.45, 2.75) is 33.2 Å². The zero-order valence-corrected chi connectivity index (χ0v) is 15.7. The third-order valence-electron chi connectivity index (χ3n) is 3.90. The van der Waals surface area contributed by atoms with E-state index in [4.69, 9.17) is 21.4 Å². The van der Waals surface area contributed by atoms with Crippen LogP contribution in [0.5, 0.6) is 0 Å². The first-order valence-electron chi connectivity index (χ1n) is 8.19. The standard InChI is InChI=1S/C19H26N2O2S/c1-14-11-15(2)13-17(12-14)20-19(24)21(8-6-9-22-4)16(3)18-7-5-10-23-18/h5,7,10-13,16H,6,8-9H2,1-4H3,(H,20,24)/t16-/m0/s1. The van der Waals surface area contributed by atoms with Crippen LogP contribution in [0.1, 0.15) is 36.3 Å². The smallest absolute Gasteiger partial charge is 0.174 e. The molecule has 24 heavy (non-hydrogen) atoms. The lowest BCUT2D eigenvalue weighted by Gasteiger charge is -2.31. The molecule has 0 radical (unpaired) electrons. The lowest BCUT2D eigenvalue weighted by Crippen LogP contribution is -2.37. The fourth-order valence-corrected chi connectivity index (χ4v) is 3.14. The fraction of sp³-hybridized carbons (Fsp3) is 0.421. The number of hydrogen-bond acceptors (Lipinski definition) is 3. The number of nitrogens with one attached hydrogen (secondary N) is 1. The third kappa shape index (κ3) is 5.08. The van der Waals surface area contributed by atoms with E-state index in [9.17, 15) is 0 Å². The van der Waals surface area contributed by atoms with Gasteiger partial charge in [0.05, 0.1) is 12.3 Å². The van der Waals surface area contributed by atoms with E-state index >= 15 is 0 Å². The number of methoxy groups -OCH3 is 1. The van der Waals surface area contributed by atoms with E-state index < -0.39 is 0 Å². The Labute approximate surface area is 149 Å². The van der Waals surface area contributed by atoms with Gasteiger partial charge in [-0.15, -0.1) is 0 Å². The van der Waals surface area contributed by atoms with E-state index in [1.807, 2.05) is 12.1 Å². The highest BCUT2D eigenvalue weighted by atomic mass is 32.1. The van der Waals surface area contributed by atoms with Crippen molar-refractivity contribution in [1.29, 1.82) is 0 Å². The van der Waals surface area contributed by atoms with Crippen molar-refractivity contribution in [2.75, 3.05) is 25.6 Å². The van der Waals surface area contributed by atoms with E-state index in [1.54, 1.807) is 13.4 Å². The molecular weight excluding hydrogens is 320 g/mol. The molecule has 0 fully saturated rings. The number of furan rings is 1. The summed E-state index contributed by atoms with van der Waals surface area (Å²) in [6.07, 6.45) is 2.59. The fourth-order valence-electron chi connectivity index (χ4n) is 2.78. The molecule has 1 aromatic heterocycles. The number of ether oxygens (including phenoxy) is 1. The lowest BCUT2D eigenvalue weighted by atomic mass is 10.1. The molecule has 0 unspecified atom stereocenters. The van der Waals surface area contributed by atoms with E-state index in [-0.39, 0.29) is 6.04 Å². The van der Waals surface area contributed by atoms with Gasteiger partial charge >= 0.3 is 0 Å². The van der Waals surface area contributed by atoms with Gasteiger partial charge in [0.2, 0.25) is 0 Å². The van der Waals surface area contributed by atoms with Gasteiger partial charge in [-0.1, -0.05) is 6.07 Å². The Bertz CT molecular complexity index is 635. The van der Waals surface area contributed by atoms with Crippen LogP contribution in [0, 0.1) is 13.8 Å². The summed E-state index contributed by atoms with van der Waals surface area (Å²) in [4.78, 5) is 2.14. The Balaban J connectivity index is 2.13. The van der Waals surface area contributed by atoms with E-state index in [1.165, 1.54) is 11.1 Å². The highest BCUT2D eigenvalue weighted by Crippen LogP contribution is 2.23. The van der Waals surface area contributed by atoms with Gasteiger partial charge in [-0.25, -0.2) is 0 Å². The van der Waals surface area contributed by atoms with Crippen molar-refractivity contribution in [2.24, 2.45) is 0 Å². The first-order chi connectivity index (χ1) is 11.5. The average molecular weight is 346 g/mol. The van der Waals surface area contributed by atoms with Crippen molar-refractivity contribution in [3.8, 4) is 0 Å². The summed E-state index contributed by atoms with van der Waals surface area (Å²) in [5.74, 6) is 0.900. The Morgan fingerprint density at radius 3 is 2.58 bits per heavy atom. The molecule has 0 saturated heterocycles. The molecule has 5 heteroatoms. The summed E-state index contributed by atoms with van der Waals surface area (Å²) < 4.78 is 10.7. The molecule has 0 amide bonds. The molecule has 0 aliphatic carbocycles. The summed E-state index contributed by atoms with van der Waals surface area (Å²) in [6, 6.07) is 10.3. The van der Waals surface area contributed by atoms with Gasteiger partial charge in [0.25, 0.3) is 0 Å². The van der Waals surface area contributed by atoms with Crippen LogP contribution in [-0.2, 0) is 4.74 Å². The maximum Gasteiger partial charge on any atom is 0.174 e. The quantitative estimate of drug-likeness (QED) is 0.581. The topological polar surface area (TPSA) is 37.6 Å². The molecule has 2 rings (SSSR count). The summed E-state index contributed by atoms with van der Waals surface area (Å²) >= 11 is 5.68. The van der Waals surface area contributed by atoms with Gasteiger partial charge in [-0.2, -0.15) is 0 Å². The van der Waals surface area contributed by atoms with Crippen LogP contribution in [0.2, 0.25) is 0 Å². The third-order valence-corrected chi connectivity index (χ3v) is 4.24. The molecule has 1 atom stereocenters. The second-order valence-corrected chi connectivity index (χ2v) is 6.42. The summed E-state index contributed by atoms with van der Waals surface area (Å²) in [5, 5.41) is 4.06. The monoisotopic (exact) mass is 346 g/mol. The van der Waals surface area contributed by atoms with Crippen LogP contribution < -0.4 is 5.32 Å². The number of thiocarbonyl (C=S) groups is 1. The number of benzene rings is 1. The summed E-state index contributed by atoms with van der Waals surface area (Å²) in [5.41, 5.74) is 3.44. The van der Waals surface area contributed by atoms with Crippen LogP contribution in [0.3, 0.4) is 0 Å². The van der Waals surface area contributed by atoms with Crippen molar-refractivity contribution < 1.29 is 9.15 Å². The molecule has 1 heterocycles. The minimum Gasteiger partial charge on any atom is -0.467 e. The van der Waals surface area contributed by atoms with Gasteiger partial charge in [-0.05, 0) is 74.8 Å². The number of rotatable bonds is 7. The SMILES string of the molecule is COCCCN(C(=S)Nc1cc(C)cc(C)c1)[C@@H](C)c1ccco1. The zero-order chi connectivity index (χ0) is 17.5. The predicted molar refractivity (Wildman–Crippen MR) is 102 cm³/mol. The van der Waals surface area contributed by atoms with E-state index in [0.717, 1.165) is 24.4 Å². The van der Waals surface area contributed by atoms with Gasteiger partial charge < -0.3 is 19.4 Å². The van der Waals surface area contributed by atoms with Gasteiger partial charge in [-0.3, -0.25) is 0 Å². The first-order valence-corrected chi connectivity index (χ1v) is 8.60. The number of anilines is 1. The molecule has 130 valence electrons. The van der Waals surface area contributed by atoms with Crippen molar-refractivity contribution in [1.82, 2.24) is 4.90 Å². The Morgan fingerprint density at radius 1 is 1.29 bits per heavy atom. The zero-order valence-electron chi connectivity index (χ0n) is 14.8. The highest BCUT2D eigenvalue weighted by Gasteiger charge is 2.20. The van der Waals surface area contributed by atoms with Gasteiger partial charge in [0.1, 0.15) is 5.76 Å². The molecule has 2 aromatic rings. The number of hydrogen-bond donors (Lipinski definition) is 1. The molecule has 1 N–H and O–H groups in total. The van der Waals surface area contributed by atoms with E-state index in [0.29, 0.717) is 11.7 Å². The van der Waals surface area contributed by atoms with Crippen molar-refractivity contribution >= 4 is 23.0 Å². The number of nitrogens with zero attached hydrogens (tertiary/aromatic N) is 1. The Kier molecular flexibility index (Phi) is 6.82. The normalized spacial score (nSPS) is 12.0. The van der Waals surface area contributed by atoms with Crippen molar-refractivity contribution in [3.05, 3.63) is 53.5 Å². The van der Waals surface area contributed by atoms with Gasteiger partial charge in [0.15, 0.2) is 5.11 Å². The Morgan fingerprint density at radius 2 is 2.00 bits per heavy atom. The molecule has 0 saturated carbocycles. The molecule has 0 spiro atoms. The minimum atomic E-state index is 0.0581. The van der Waals surface area contributed by atoms with Crippen LogP contribution in [0.25, 0.3) is 0 Å².